The van der Waals surface area contributed by atoms with Gasteiger partial charge >= 0.3 is 6.18 Å². The molecule has 0 saturated carbocycles. The fraction of sp³-hybridized carbons (Fsp3) is 0.625. The maximum absolute atomic E-state index is 13.2. The van der Waals surface area contributed by atoms with E-state index in [0.717, 1.165) is 11.8 Å². The van der Waals surface area contributed by atoms with Gasteiger partial charge in [0, 0.05) is 36.1 Å². The summed E-state index contributed by atoms with van der Waals surface area (Å²) in [6.07, 6.45) is -2.72. The molecule has 0 aromatic carbocycles. The predicted octanol–water partition coefficient (Wildman–Crippen LogP) is 2.67. The van der Waals surface area contributed by atoms with Crippen molar-refractivity contribution in [2.45, 2.75) is 49.7 Å². The summed E-state index contributed by atoms with van der Waals surface area (Å²) < 4.78 is 47.3. The molecular formula is C16H19F3N4O2S. The zero-order valence-electron chi connectivity index (χ0n) is 14.2. The minimum absolute atomic E-state index is 0.00952. The summed E-state index contributed by atoms with van der Waals surface area (Å²) in [5, 5.41) is 21.7. The number of halogens is 3. The van der Waals surface area contributed by atoms with Crippen LogP contribution in [-0.2, 0) is 23.6 Å². The second kappa shape index (κ2) is 6.01. The summed E-state index contributed by atoms with van der Waals surface area (Å²) in [6.45, 7) is 1.96. The molecule has 4 rings (SSSR count). The van der Waals surface area contributed by atoms with E-state index < -0.39 is 22.8 Å². The van der Waals surface area contributed by atoms with Crippen LogP contribution >= 0.6 is 11.3 Å². The van der Waals surface area contributed by atoms with E-state index in [1.165, 1.54) is 0 Å². The Morgan fingerprint density at radius 3 is 2.85 bits per heavy atom. The van der Waals surface area contributed by atoms with E-state index in [2.05, 4.69) is 15.6 Å². The summed E-state index contributed by atoms with van der Waals surface area (Å²) in [7, 11) is 1.76. The maximum Gasteiger partial charge on any atom is 0.425 e. The molecule has 0 amide bonds. The Labute approximate surface area is 152 Å². The van der Waals surface area contributed by atoms with Crippen LogP contribution in [0.15, 0.2) is 12.3 Å². The van der Waals surface area contributed by atoms with E-state index in [1.807, 2.05) is 6.92 Å². The van der Waals surface area contributed by atoms with Crippen LogP contribution in [0.5, 0.6) is 0 Å². The lowest BCUT2D eigenvalue weighted by molar-refractivity contribution is -0.134. The van der Waals surface area contributed by atoms with Gasteiger partial charge in [-0.3, -0.25) is 4.68 Å². The van der Waals surface area contributed by atoms with Crippen LogP contribution in [0.1, 0.15) is 52.9 Å². The number of piperidine rings is 1. The van der Waals surface area contributed by atoms with Gasteiger partial charge in [-0.05, 0) is 19.4 Å². The number of fused-ring (bicyclic) bond motifs is 2. The standard InChI is InChI=1S/C16H19F3N4O2S/c1-8-4-15(5-10(20-8)11-6-23(2)22-21-11)14-9(12(24)7-25-15)3-13(26-14)16(17,18)19/h3,6,8,10,12,20,24H,4-5,7H2,1-2H3/t8-,10-,12-,15-/m0/s1. The molecule has 1 fully saturated rings. The van der Waals surface area contributed by atoms with Gasteiger partial charge in [0.1, 0.15) is 16.6 Å². The van der Waals surface area contributed by atoms with Crippen LogP contribution in [0.3, 0.4) is 0 Å². The minimum Gasteiger partial charge on any atom is -0.386 e. The molecule has 1 spiro atoms. The molecule has 0 bridgehead atoms. The first-order chi connectivity index (χ1) is 12.2. The molecule has 2 aromatic rings. The third-order valence-electron chi connectivity index (χ3n) is 4.96. The Morgan fingerprint density at radius 1 is 1.42 bits per heavy atom. The molecule has 2 aliphatic heterocycles. The fourth-order valence-corrected chi connectivity index (χ4v) is 5.18. The quantitative estimate of drug-likeness (QED) is 0.786. The van der Waals surface area contributed by atoms with Gasteiger partial charge < -0.3 is 15.2 Å². The number of hydrogen-bond acceptors (Lipinski definition) is 6. The van der Waals surface area contributed by atoms with Crippen molar-refractivity contribution < 1.29 is 23.0 Å². The summed E-state index contributed by atoms with van der Waals surface area (Å²) >= 11 is 0.677. The van der Waals surface area contributed by atoms with Crippen LogP contribution in [0, 0.1) is 0 Å². The Kier molecular flexibility index (Phi) is 4.14. The summed E-state index contributed by atoms with van der Waals surface area (Å²) in [5.74, 6) is 0. The number of rotatable bonds is 1. The van der Waals surface area contributed by atoms with E-state index in [1.54, 1.807) is 17.9 Å². The molecule has 26 heavy (non-hydrogen) atoms. The number of aliphatic hydroxyl groups excluding tert-OH is 1. The molecule has 0 aliphatic carbocycles. The van der Waals surface area contributed by atoms with Crippen molar-refractivity contribution in [1.29, 1.82) is 0 Å². The van der Waals surface area contributed by atoms with Crippen LogP contribution in [-0.4, -0.2) is 32.7 Å². The predicted molar refractivity (Wildman–Crippen MR) is 87.5 cm³/mol. The smallest absolute Gasteiger partial charge is 0.386 e. The van der Waals surface area contributed by atoms with Crippen molar-refractivity contribution in [2.24, 2.45) is 7.05 Å². The maximum atomic E-state index is 13.2. The van der Waals surface area contributed by atoms with Crippen LogP contribution < -0.4 is 5.32 Å². The van der Waals surface area contributed by atoms with Crippen molar-refractivity contribution in [2.75, 3.05) is 6.61 Å². The monoisotopic (exact) mass is 388 g/mol. The number of aliphatic hydroxyl groups is 1. The highest BCUT2D eigenvalue weighted by Gasteiger charge is 2.50. The SMILES string of the molecule is C[C@H]1C[C@@]2(C[C@@H](c3cn(C)nn3)N1)OC[C@H](O)c1cc(C(F)(F)F)sc12. The molecule has 2 aromatic heterocycles. The Balaban J connectivity index is 1.76. The summed E-state index contributed by atoms with van der Waals surface area (Å²) in [5.41, 5.74) is 0.193. The molecule has 0 unspecified atom stereocenters. The molecule has 142 valence electrons. The highest BCUT2D eigenvalue weighted by Crippen LogP contribution is 2.52. The number of aromatic nitrogens is 3. The number of nitrogens with zero attached hydrogens (tertiary/aromatic N) is 3. The molecule has 2 N–H and O–H groups in total. The lowest BCUT2D eigenvalue weighted by atomic mass is 9.78. The summed E-state index contributed by atoms with van der Waals surface area (Å²) in [6, 6.07) is 0.890. The second-order valence-corrected chi connectivity index (χ2v) is 8.11. The number of thiophene rings is 1. The average molecular weight is 388 g/mol. The number of ether oxygens (including phenoxy) is 1. The average Bonchev–Trinajstić information content (AvgIpc) is 3.18. The van der Waals surface area contributed by atoms with E-state index in [0.29, 0.717) is 34.6 Å². The van der Waals surface area contributed by atoms with Crippen molar-refractivity contribution in [3.63, 3.8) is 0 Å². The first-order valence-corrected chi connectivity index (χ1v) is 9.15. The molecule has 2 aliphatic rings. The van der Waals surface area contributed by atoms with Gasteiger partial charge in [-0.15, -0.1) is 16.4 Å². The topological polar surface area (TPSA) is 72.2 Å². The van der Waals surface area contributed by atoms with E-state index >= 15 is 0 Å². The molecule has 6 nitrogen and oxygen atoms in total. The zero-order chi connectivity index (χ0) is 18.7. The summed E-state index contributed by atoms with van der Waals surface area (Å²) in [4.78, 5) is -0.223. The first-order valence-electron chi connectivity index (χ1n) is 8.34. The zero-order valence-corrected chi connectivity index (χ0v) is 15.1. The number of aryl methyl sites for hydroxylation is 1. The van der Waals surface area contributed by atoms with Crippen molar-refractivity contribution in [1.82, 2.24) is 20.3 Å². The fourth-order valence-electron chi connectivity index (χ4n) is 3.93. The van der Waals surface area contributed by atoms with Crippen LogP contribution in [0.2, 0.25) is 0 Å². The van der Waals surface area contributed by atoms with Gasteiger partial charge in [-0.2, -0.15) is 13.2 Å². The normalized spacial score (nSPS) is 32.0. The number of hydrogen-bond donors (Lipinski definition) is 2. The van der Waals surface area contributed by atoms with E-state index in [9.17, 15) is 18.3 Å². The van der Waals surface area contributed by atoms with Crippen molar-refractivity contribution >= 4 is 11.3 Å². The van der Waals surface area contributed by atoms with Gasteiger partial charge in [0.05, 0.1) is 18.3 Å². The Hall–Kier alpha value is -1.49. The Morgan fingerprint density at radius 2 is 2.19 bits per heavy atom. The lowest BCUT2D eigenvalue weighted by Crippen LogP contribution is -2.50. The Bertz CT molecular complexity index is 821. The third-order valence-corrected chi connectivity index (χ3v) is 6.34. The van der Waals surface area contributed by atoms with Gasteiger partial charge in [0.2, 0.25) is 0 Å². The van der Waals surface area contributed by atoms with Gasteiger partial charge in [0.25, 0.3) is 0 Å². The van der Waals surface area contributed by atoms with Gasteiger partial charge in [-0.25, -0.2) is 0 Å². The van der Waals surface area contributed by atoms with Crippen molar-refractivity contribution in [3.8, 4) is 0 Å². The minimum atomic E-state index is -4.44. The molecule has 4 atom stereocenters. The van der Waals surface area contributed by atoms with Crippen LogP contribution in [0.4, 0.5) is 13.2 Å². The second-order valence-electron chi connectivity index (χ2n) is 7.06. The van der Waals surface area contributed by atoms with Crippen LogP contribution in [0.25, 0.3) is 0 Å². The highest BCUT2D eigenvalue weighted by atomic mass is 32.1. The lowest BCUT2D eigenvalue weighted by Gasteiger charge is -2.46. The molecule has 1 saturated heterocycles. The molecule has 10 heteroatoms. The van der Waals surface area contributed by atoms with Crippen molar-refractivity contribution in [3.05, 3.63) is 33.3 Å². The highest BCUT2D eigenvalue weighted by molar-refractivity contribution is 7.12. The number of nitrogens with one attached hydrogen (secondary N) is 1. The van der Waals surface area contributed by atoms with Gasteiger partial charge in [0.15, 0.2) is 0 Å². The molecule has 0 radical (unpaired) electrons. The first kappa shape index (κ1) is 17.9. The number of alkyl halides is 3. The largest absolute Gasteiger partial charge is 0.425 e. The van der Waals surface area contributed by atoms with E-state index in [4.69, 9.17) is 4.74 Å². The third kappa shape index (κ3) is 2.94. The van der Waals surface area contributed by atoms with Gasteiger partial charge in [-0.1, -0.05) is 5.21 Å². The molecule has 4 heterocycles. The van der Waals surface area contributed by atoms with E-state index in [-0.39, 0.29) is 18.7 Å². The molecular weight excluding hydrogens is 369 g/mol.